The van der Waals surface area contributed by atoms with E-state index in [1.54, 1.807) is 0 Å². The lowest BCUT2D eigenvalue weighted by atomic mass is 10.1. The lowest BCUT2D eigenvalue weighted by molar-refractivity contribution is -0.163. The van der Waals surface area contributed by atoms with Crippen LogP contribution in [0, 0.1) is 0 Å². The third kappa shape index (κ3) is 52.5. The van der Waals surface area contributed by atoms with Crippen LogP contribution in [0.15, 0.2) is 48.6 Å². The summed E-state index contributed by atoms with van der Waals surface area (Å²) in [6.07, 6.45) is 68.4. The molecule has 0 N–H and O–H groups in total. The molecule has 0 aromatic carbocycles. The zero-order chi connectivity index (χ0) is 46.3. The molecule has 1 atom stereocenters. The number of ether oxygens (including phenoxy) is 3. The molecule has 0 aromatic rings. The number of carbonyl (C=O) groups excluding carboxylic acids is 2. The lowest BCUT2D eigenvalue weighted by Crippen LogP contribution is -2.30. The summed E-state index contributed by atoms with van der Waals surface area (Å²) in [5.41, 5.74) is 0. The van der Waals surface area contributed by atoms with Crippen molar-refractivity contribution in [3.8, 4) is 0 Å². The van der Waals surface area contributed by atoms with Gasteiger partial charge in [-0.2, -0.15) is 0 Å². The van der Waals surface area contributed by atoms with Gasteiger partial charge in [0.15, 0.2) is 6.10 Å². The molecule has 0 aliphatic heterocycles. The molecular formula is C59H108O5. The van der Waals surface area contributed by atoms with Crippen molar-refractivity contribution in [2.45, 2.75) is 297 Å². The smallest absolute Gasteiger partial charge is 0.306 e. The van der Waals surface area contributed by atoms with Crippen molar-refractivity contribution in [2.24, 2.45) is 0 Å². The van der Waals surface area contributed by atoms with Gasteiger partial charge >= 0.3 is 11.9 Å². The molecule has 0 rings (SSSR count). The van der Waals surface area contributed by atoms with Gasteiger partial charge in [-0.1, -0.05) is 243 Å². The van der Waals surface area contributed by atoms with Gasteiger partial charge in [-0.25, -0.2) is 0 Å². The van der Waals surface area contributed by atoms with Crippen LogP contribution < -0.4 is 0 Å². The first-order valence-corrected chi connectivity index (χ1v) is 28.2. The van der Waals surface area contributed by atoms with E-state index < -0.39 is 6.10 Å². The van der Waals surface area contributed by atoms with Gasteiger partial charge < -0.3 is 14.2 Å². The van der Waals surface area contributed by atoms with Crippen LogP contribution in [0.2, 0.25) is 0 Å². The van der Waals surface area contributed by atoms with Crippen LogP contribution in [0.3, 0.4) is 0 Å². The number of carbonyl (C=O) groups is 2. The first kappa shape index (κ1) is 61.9. The highest BCUT2D eigenvalue weighted by molar-refractivity contribution is 5.70. The molecule has 0 saturated heterocycles. The largest absolute Gasteiger partial charge is 0.462 e. The van der Waals surface area contributed by atoms with E-state index in [9.17, 15) is 9.59 Å². The van der Waals surface area contributed by atoms with E-state index in [4.69, 9.17) is 14.2 Å². The molecule has 1 unspecified atom stereocenters. The van der Waals surface area contributed by atoms with Gasteiger partial charge in [-0.15, -0.1) is 0 Å². The minimum Gasteiger partial charge on any atom is -0.462 e. The zero-order valence-corrected chi connectivity index (χ0v) is 43.1. The van der Waals surface area contributed by atoms with Crippen LogP contribution in [-0.2, 0) is 23.8 Å². The van der Waals surface area contributed by atoms with Gasteiger partial charge in [0, 0.05) is 19.4 Å². The summed E-state index contributed by atoms with van der Waals surface area (Å²) >= 11 is 0. The molecule has 64 heavy (non-hydrogen) atoms. The number of unbranched alkanes of at least 4 members (excludes halogenated alkanes) is 33. The van der Waals surface area contributed by atoms with E-state index in [1.807, 2.05) is 0 Å². The molecule has 0 aliphatic carbocycles. The SMILES string of the molecule is CCCCC/C=C\C/C=C\C/C=C\CCCCCCCCC(=O)OCC(COCCCCCCCCCC/C=C\CCCCCCCC)OC(=O)CCCCCCCCCCCCC. The first-order chi connectivity index (χ1) is 31.6. The van der Waals surface area contributed by atoms with Gasteiger partial charge in [0.2, 0.25) is 0 Å². The van der Waals surface area contributed by atoms with Crippen molar-refractivity contribution >= 4 is 11.9 Å². The summed E-state index contributed by atoms with van der Waals surface area (Å²) in [5, 5.41) is 0. The molecule has 0 radical (unpaired) electrons. The van der Waals surface area contributed by atoms with E-state index in [-0.39, 0.29) is 25.2 Å². The standard InChI is InChI=1S/C59H108O5/c1-4-7-10-13-16-19-22-24-26-28-30-31-33-35-38-40-43-46-49-52-58(60)63-56-57(64-59(61)53-50-47-44-41-37-21-18-15-12-9-6-3)55-62-54-51-48-45-42-39-36-34-32-29-27-25-23-20-17-14-11-8-5-2/h16,19,24-27,30-31,57H,4-15,17-18,20-23,28-29,32-56H2,1-3H3/b19-16-,26-24-,27-25-,31-30-. The molecule has 0 amide bonds. The number of esters is 2. The molecule has 0 bridgehead atoms. The van der Waals surface area contributed by atoms with Gasteiger partial charge in [0.05, 0.1) is 6.61 Å². The summed E-state index contributed by atoms with van der Waals surface area (Å²) in [6.45, 7) is 7.81. The van der Waals surface area contributed by atoms with Gasteiger partial charge in [0.1, 0.15) is 6.61 Å². The Morgan fingerprint density at radius 1 is 0.344 bits per heavy atom. The summed E-state index contributed by atoms with van der Waals surface area (Å²) < 4.78 is 17.4. The van der Waals surface area contributed by atoms with Crippen molar-refractivity contribution < 1.29 is 23.8 Å². The van der Waals surface area contributed by atoms with E-state index in [0.29, 0.717) is 19.4 Å². The Kier molecular flexibility index (Phi) is 53.3. The van der Waals surface area contributed by atoms with E-state index in [1.165, 1.54) is 193 Å². The molecule has 5 nitrogen and oxygen atoms in total. The third-order valence-electron chi connectivity index (χ3n) is 12.3. The second kappa shape index (κ2) is 55.2. The number of allylic oxidation sites excluding steroid dienone is 8. The fraction of sp³-hybridized carbons (Fsp3) is 0.831. The molecular weight excluding hydrogens is 789 g/mol. The van der Waals surface area contributed by atoms with Crippen molar-refractivity contribution in [3.63, 3.8) is 0 Å². The van der Waals surface area contributed by atoms with Gasteiger partial charge in [-0.3, -0.25) is 9.59 Å². The fourth-order valence-electron chi connectivity index (χ4n) is 8.10. The second-order valence-corrected chi connectivity index (χ2v) is 18.8. The highest BCUT2D eigenvalue weighted by atomic mass is 16.6. The Balaban J connectivity index is 4.22. The maximum absolute atomic E-state index is 12.8. The predicted molar refractivity (Wildman–Crippen MR) is 279 cm³/mol. The molecule has 0 spiro atoms. The number of hydrogen-bond donors (Lipinski definition) is 0. The van der Waals surface area contributed by atoms with Gasteiger partial charge in [0.25, 0.3) is 0 Å². The maximum Gasteiger partial charge on any atom is 0.306 e. The molecule has 0 heterocycles. The number of rotatable bonds is 52. The van der Waals surface area contributed by atoms with E-state index >= 15 is 0 Å². The number of hydrogen-bond acceptors (Lipinski definition) is 5. The van der Waals surface area contributed by atoms with Crippen LogP contribution >= 0.6 is 0 Å². The summed E-state index contributed by atoms with van der Waals surface area (Å²) in [4.78, 5) is 25.4. The lowest BCUT2D eigenvalue weighted by Gasteiger charge is -2.18. The Morgan fingerprint density at radius 2 is 0.656 bits per heavy atom. The Bertz CT molecular complexity index is 1060. The normalized spacial score (nSPS) is 12.5. The van der Waals surface area contributed by atoms with Crippen LogP contribution in [0.4, 0.5) is 0 Å². The molecule has 0 aromatic heterocycles. The summed E-state index contributed by atoms with van der Waals surface area (Å²) in [6, 6.07) is 0. The minimum absolute atomic E-state index is 0.0806. The zero-order valence-electron chi connectivity index (χ0n) is 43.1. The second-order valence-electron chi connectivity index (χ2n) is 18.8. The average Bonchev–Trinajstić information content (AvgIpc) is 3.30. The van der Waals surface area contributed by atoms with Crippen molar-refractivity contribution in [1.29, 1.82) is 0 Å². The molecule has 374 valence electrons. The Labute approximate surface area is 399 Å². The van der Waals surface area contributed by atoms with Crippen LogP contribution in [0.5, 0.6) is 0 Å². The molecule has 5 heteroatoms. The quantitative estimate of drug-likeness (QED) is 0.0346. The Morgan fingerprint density at radius 3 is 1.09 bits per heavy atom. The van der Waals surface area contributed by atoms with Crippen molar-refractivity contribution in [2.75, 3.05) is 19.8 Å². The molecule has 0 fully saturated rings. The van der Waals surface area contributed by atoms with Crippen molar-refractivity contribution in [3.05, 3.63) is 48.6 Å². The highest BCUT2D eigenvalue weighted by Crippen LogP contribution is 2.15. The van der Waals surface area contributed by atoms with Crippen LogP contribution in [-0.4, -0.2) is 37.9 Å². The summed E-state index contributed by atoms with van der Waals surface area (Å²) in [7, 11) is 0. The monoisotopic (exact) mass is 897 g/mol. The third-order valence-corrected chi connectivity index (χ3v) is 12.3. The van der Waals surface area contributed by atoms with Crippen LogP contribution in [0.1, 0.15) is 290 Å². The molecule has 0 aliphatic rings. The minimum atomic E-state index is -0.540. The topological polar surface area (TPSA) is 61.8 Å². The molecule has 0 saturated carbocycles. The van der Waals surface area contributed by atoms with E-state index in [2.05, 4.69) is 69.4 Å². The van der Waals surface area contributed by atoms with E-state index in [0.717, 1.165) is 64.2 Å². The average molecular weight is 898 g/mol. The van der Waals surface area contributed by atoms with Crippen LogP contribution in [0.25, 0.3) is 0 Å². The Hall–Kier alpha value is -2.14. The van der Waals surface area contributed by atoms with Gasteiger partial charge in [-0.05, 0) is 83.5 Å². The maximum atomic E-state index is 12.8. The van der Waals surface area contributed by atoms with Crippen molar-refractivity contribution in [1.82, 2.24) is 0 Å². The fourth-order valence-corrected chi connectivity index (χ4v) is 8.10. The predicted octanol–water partition coefficient (Wildman–Crippen LogP) is 19.1. The highest BCUT2D eigenvalue weighted by Gasteiger charge is 2.17. The summed E-state index contributed by atoms with van der Waals surface area (Å²) in [5.74, 6) is -0.401. The first-order valence-electron chi connectivity index (χ1n) is 28.2.